The third-order valence-corrected chi connectivity index (χ3v) is 3.40. The summed E-state index contributed by atoms with van der Waals surface area (Å²) in [5.74, 6) is 0. The van der Waals surface area contributed by atoms with Crippen LogP contribution in [0.25, 0.3) is 0 Å². The number of hydrogen-bond acceptors (Lipinski definition) is 3. The van der Waals surface area contributed by atoms with E-state index in [1.54, 1.807) is 6.07 Å². The van der Waals surface area contributed by atoms with Crippen molar-refractivity contribution in [3.8, 4) is 0 Å². The molecule has 20 heavy (non-hydrogen) atoms. The van der Waals surface area contributed by atoms with E-state index >= 15 is 0 Å². The highest BCUT2D eigenvalue weighted by molar-refractivity contribution is 7.79. The topological polar surface area (TPSA) is 87.1 Å². The number of unbranched alkanes of at least 4 members (excludes halogenated alkanes) is 1. The molecule has 1 fully saturated rings. The minimum atomic E-state index is -4.67. The Morgan fingerprint density at radius 2 is 1.90 bits per heavy atom. The van der Waals surface area contributed by atoms with Gasteiger partial charge in [0.05, 0.1) is 6.61 Å². The second-order valence-electron chi connectivity index (χ2n) is 4.46. The molecular weight excluding hydrogens is 327 g/mol. The van der Waals surface area contributed by atoms with Crippen LogP contribution in [0, 0.1) is 0 Å². The van der Waals surface area contributed by atoms with Crippen molar-refractivity contribution >= 4 is 33.6 Å². The number of benzene rings is 1. The van der Waals surface area contributed by atoms with E-state index in [4.69, 9.17) is 45.5 Å². The van der Waals surface area contributed by atoms with Gasteiger partial charge in [0.1, 0.15) is 5.60 Å². The maximum absolute atomic E-state index is 8.74. The van der Waals surface area contributed by atoms with Crippen LogP contribution in [0.1, 0.15) is 31.7 Å². The molecule has 0 bridgehead atoms. The van der Waals surface area contributed by atoms with E-state index in [0.717, 1.165) is 23.6 Å². The zero-order valence-electron chi connectivity index (χ0n) is 10.8. The van der Waals surface area contributed by atoms with Crippen molar-refractivity contribution in [2.45, 2.75) is 31.8 Å². The molecule has 1 aliphatic rings. The number of halogens is 2. The molecule has 0 aliphatic carbocycles. The van der Waals surface area contributed by atoms with Gasteiger partial charge in [0, 0.05) is 15.6 Å². The number of rotatable bonds is 4. The molecule has 0 spiro atoms. The Hall–Kier alpha value is -0.370. The van der Waals surface area contributed by atoms with E-state index in [-0.39, 0.29) is 5.60 Å². The molecular formula is C12H16Cl2O5S. The molecule has 1 aliphatic heterocycles. The highest BCUT2D eigenvalue weighted by Crippen LogP contribution is 2.46. The van der Waals surface area contributed by atoms with Crippen molar-refractivity contribution in [2.24, 2.45) is 0 Å². The molecule has 2 N–H and O–H groups in total. The average molecular weight is 343 g/mol. The van der Waals surface area contributed by atoms with Crippen LogP contribution in [-0.4, -0.2) is 24.1 Å². The fourth-order valence-corrected chi connectivity index (χ4v) is 2.42. The van der Waals surface area contributed by atoms with Gasteiger partial charge in [-0.2, -0.15) is 8.42 Å². The second-order valence-corrected chi connectivity index (χ2v) is 6.20. The molecule has 0 radical (unpaired) electrons. The van der Waals surface area contributed by atoms with E-state index in [1.807, 2.05) is 12.1 Å². The molecule has 5 nitrogen and oxygen atoms in total. The minimum Gasteiger partial charge on any atom is -0.364 e. The monoisotopic (exact) mass is 342 g/mol. The summed E-state index contributed by atoms with van der Waals surface area (Å²) in [4.78, 5) is 0. The largest absolute Gasteiger partial charge is 0.394 e. The maximum atomic E-state index is 8.74. The molecule has 1 aromatic carbocycles. The fraction of sp³-hybridized carbons (Fsp3) is 0.500. The fourth-order valence-electron chi connectivity index (χ4n) is 1.84. The summed E-state index contributed by atoms with van der Waals surface area (Å²) in [6.07, 6.45) is 3.39. The van der Waals surface area contributed by atoms with Gasteiger partial charge in [-0.15, -0.1) is 0 Å². The zero-order valence-corrected chi connectivity index (χ0v) is 13.2. The first-order valence-electron chi connectivity index (χ1n) is 5.97. The molecule has 114 valence electrons. The summed E-state index contributed by atoms with van der Waals surface area (Å²) in [5, 5.41) is 1.39. The van der Waals surface area contributed by atoms with Crippen molar-refractivity contribution < 1.29 is 22.3 Å². The highest BCUT2D eigenvalue weighted by atomic mass is 35.5. The lowest BCUT2D eigenvalue weighted by atomic mass is 9.94. The minimum absolute atomic E-state index is 0.113. The Morgan fingerprint density at radius 1 is 1.35 bits per heavy atom. The van der Waals surface area contributed by atoms with Gasteiger partial charge in [-0.3, -0.25) is 9.11 Å². The van der Waals surface area contributed by atoms with Crippen LogP contribution in [0.2, 0.25) is 10.0 Å². The van der Waals surface area contributed by atoms with Crippen molar-refractivity contribution in [2.75, 3.05) is 6.61 Å². The predicted octanol–water partition coefficient (Wildman–Crippen LogP) is 3.76. The molecule has 8 heteroatoms. The average Bonchev–Trinajstić information content (AvgIpc) is 3.05. The van der Waals surface area contributed by atoms with Crippen LogP contribution in [0.3, 0.4) is 0 Å². The third-order valence-electron chi connectivity index (χ3n) is 2.85. The maximum Gasteiger partial charge on any atom is 0.394 e. The molecule has 1 atom stereocenters. The van der Waals surface area contributed by atoms with E-state index < -0.39 is 10.4 Å². The van der Waals surface area contributed by atoms with Crippen LogP contribution >= 0.6 is 23.2 Å². The molecule has 1 saturated heterocycles. The van der Waals surface area contributed by atoms with Crippen molar-refractivity contribution in [1.82, 2.24) is 0 Å². The van der Waals surface area contributed by atoms with E-state index in [1.165, 1.54) is 12.8 Å². The normalized spacial score (nSPS) is 21.1. The third kappa shape index (κ3) is 5.95. The predicted molar refractivity (Wildman–Crippen MR) is 77.8 cm³/mol. The van der Waals surface area contributed by atoms with Crippen molar-refractivity contribution in [3.63, 3.8) is 0 Å². The molecule has 1 heterocycles. The lowest BCUT2D eigenvalue weighted by Gasteiger charge is -2.13. The number of hydrogen-bond donors (Lipinski definition) is 2. The van der Waals surface area contributed by atoms with Gasteiger partial charge in [0.15, 0.2) is 0 Å². The summed E-state index contributed by atoms with van der Waals surface area (Å²) in [6, 6.07) is 5.64. The van der Waals surface area contributed by atoms with Crippen molar-refractivity contribution in [3.05, 3.63) is 33.8 Å². The van der Waals surface area contributed by atoms with Crippen LogP contribution in [0.5, 0.6) is 0 Å². The Bertz CT molecular complexity index is 547. The SMILES string of the molecule is CCCCC1(c2ccc(Cl)cc2Cl)CO1.O=S(=O)(O)O. The number of epoxide rings is 1. The smallest absolute Gasteiger partial charge is 0.364 e. The molecule has 0 aromatic heterocycles. The zero-order chi connectivity index (χ0) is 15.4. The van der Waals surface area contributed by atoms with Gasteiger partial charge < -0.3 is 4.74 Å². The summed E-state index contributed by atoms with van der Waals surface area (Å²) in [7, 11) is -4.67. The Morgan fingerprint density at radius 3 is 2.30 bits per heavy atom. The molecule has 0 amide bonds. The summed E-state index contributed by atoms with van der Waals surface area (Å²) >= 11 is 12.0. The van der Waals surface area contributed by atoms with Crippen LogP contribution in [0.15, 0.2) is 18.2 Å². The van der Waals surface area contributed by atoms with Crippen molar-refractivity contribution in [1.29, 1.82) is 0 Å². The van der Waals surface area contributed by atoms with Crippen LogP contribution < -0.4 is 0 Å². The lowest BCUT2D eigenvalue weighted by molar-refractivity contribution is 0.287. The van der Waals surface area contributed by atoms with E-state index in [2.05, 4.69) is 6.92 Å². The summed E-state index contributed by atoms with van der Waals surface area (Å²) in [5.41, 5.74) is 0.972. The molecule has 1 unspecified atom stereocenters. The van der Waals surface area contributed by atoms with Gasteiger partial charge in [0.2, 0.25) is 0 Å². The number of ether oxygens (including phenoxy) is 1. The first kappa shape index (κ1) is 17.7. The highest BCUT2D eigenvalue weighted by Gasteiger charge is 2.46. The van der Waals surface area contributed by atoms with Crippen LogP contribution in [-0.2, 0) is 20.7 Å². The molecule has 0 saturated carbocycles. The van der Waals surface area contributed by atoms with Gasteiger partial charge in [-0.1, -0.05) is 49.0 Å². The van der Waals surface area contributed by atoms with Crippen LogP contribution in [0.4, 0.5) is 0 Å². The van der Waals surface area contributed by atoms with E-state index in [0.29, 0.717) is 5.02 Å². The standard InChI is InChI=1S/C12H14Cl2O.H2O4S/c1-2-3-6-12(8-15-12)10-5-4-9(13)7-11(10)14;1-5(2,3)4/h4-5,7H,2-3,6,8H2,1H3;(H2,1,2,3,4). The molecule has 1 aromatic rings. The Labute approximate surface area is 128 Å². The summed E-state index contributed by atoms with van der Waals surface area (Å²) < 4.78 is 37.2. The molecule has 2 rings (SSSR count). The summed E-state index contributed by atoms with van der Waals surface area (Å²) in [6.45, 7) is 2.97. The quantitative estimate of drug-likeness (QED) is 0.642. The van der Waals surface area contributed by atoms with Gasteiger partial charge in [-0.05, 0) is 18.6 Å². The van der Waals surface area contributed by atoms with E-state index in [9.17, 15) is 0 Å². The lowest BCUT2D eigenvalue weighted by Crippen LogP contribution is -2.09. The van der Waals surface area contributed by atoms with Gasteiger partial charge >= 0.3 is 10.4 Å². The first-order valence-corrected chi connectivity index (χ1v) is 8.12. The van der Waals surface area contributed by atoms with Gasteiger partial charge in [-0.25, -0.2) is 0 Å². The Kier molecular flexibility index (Phi) is 6.25. The Balaban J connectivity index is 0.000000347. The van der Waals surface area contributed by atoms with Gasteiger partial charge in [0.25, 0.3) is 0 Å². The first-order chi connectivity index (χ1) is 9.18. The second kappa shape index (κ2) is 7.06.